The zero-order valence-electron chi connectivity index (χ0n) is 12.6. The summed E-state index contributed by atoms with van der Waals surface area (Å²) in [6.07, 6.45) is 0. The van der Waals surface area contributed by atoms with Crippen molar-refractivity contribution in [2.75, 3.05) is 5.75 Å². The Morgan fingerprint density at radius 3 is 2.05 bits per heavy atom. The van der Waals surface area contributed by atoms with Crippen molar-refractivity contribution in [3.05, 3.63) is 65.7 Å². The van der Waals surface area contributed by atoms with Gasteiger partial charge in [0.25, 0.3) is 0 Å². The summed E-state index contributed by atoms with van der Waals surface area (Å²) in [7, 11) is -1.30. The van der Waals surface area contributed by atoms with Crippen molar-refractivity contribution in [3.8, 4) is 0 Å². The molecule has 21 heavy (non-hydrogen) atoms. The lowest BCUT2D eigenvalue weighted by molar-refractivity contribution is 0.102. The Kier molecular flexibility index (Phi) is 4.73. The van der Waals surface area contributed by atoms with Crippen LogP contribution in [0.15, 0.2) is 59.5 Å². The molecule has 1 atom stereocenters. The number of rotatable bonds is 4. The Balaban J connectivity index is 2.09. The fraction of sp³-hybridized carbons (Fsp3) is 0.278. The van der Waals surface area contributed by atoms with E-state index in [0.717, 1.165) is 0 Å². The molecule has 1 unspecified atom stereocenters. The van der Waals surface area contributed by atoms with E-state index in [4.69, 9.17) is 0 Å². The van der Waals surface area contributed by atoms with Crippen LogP contribution in [0.3, 0.4) is 0 Å². The number of ketones is 1. The van der Waals surface area contributed by atoms with E-state index in [-0.39, 0.29) is 17.0 Å². The summed E-state index contributed by atoms with van der Waals surface area (Å²) in [5, 5.41) is 0. The number of carbonyl (C=O) groups excluding carboxylic acids is 1. The molecular weight excluding hydrogens is 280 g/mol. The van der Waals surface area contributed by atoms with Crippen LogP contribution in [0.4, 0.5) is 0 Å². The molecule has 0 heterocycles. The van der Waals surface area contributed by atoms with Crippen molar-refractivity contribution >= 4 is 16.6 Å². The fourth-order valence-corrected chi connectivity index (χ4v) is 3.03. The average Bonchev–Trinajstić information content (AvgIpc) is 2.47. The number of Topliss-reactive ketones (excluding diaryl/α,β-unsaturated/α-hetero) is 1. The smallest absolute Gasteiger partial charge is 0.175 e. The second-order valence-corrected chi connectivity index (χ2v) is 7.50. The van der Waals surface area contributed by atoms with Gasteiger partial charge in [-0.2, -0.15) is 0 Å². The Labute approximate surface area is 128 Å². The van der Waals surface area contributed by atoms with Gasteiger partial charge in [0.1, 0.15) is 0 Å². The normalized spacial score (nSPS) is 12.9. The Bertz CT molecular complexity index is 637. The zero-order chi connectivity index (χ0) is 15.5. The number of carbonyl (C=O) groups is 1. The maximum Gasteiger partial charge on any atom is 0.175 e. The standard InChI is InChI=1S/C18H20O2S/c1-18(2,3)15-9-11-16(12-10-15)21(20)13-17(19)14-7-5-4-6-8-14/h4-12H,13H2,1-3H3. The third-order valence-corrected chi connectivity index (χ3v) is 4.66. The number of hydrogen-bond donors (Lipinski definition) is 0. The Morgan fingerprint density at radius 2 is 1.52 bits per heavy atom. The van der Waals surface area contributed by atoms with Gasteiger partial charge in [-0.1, -0.05) is 63.2 Å². The molecule has 0 N–H and O–H groups in total. The van der Waals surface area contributed by atoms with Gasteiger partial charge < -0.3 is 0 Å². The van der Waals surface area contributed by atoms with Gasteiger partial charge in [-0.3, -0.25) is 9.00 Å². The quantitative estimate of drug-likeness (QED) is 0.801. The highest BCUT2D eigenvalue weighted by Crippen LogP contribution is 2.23. The van der Waals surface area contributed by atoms with E-state index >= 15 is 0 Å². The Hall–Kier alpha value is -1.74. The zero-order valence-corrected chi connectivity index (χ0v) is 13.4. The van der Waals surface area contributed by atoms with Crippen molar-refractivity contribution < 1.29 is 9.00 Å². The molecule has 2 rings (SSSR count). The van der Waals surface area contributed by atoms with Gasteiger partial charge in [0.15, 0.2) is 5.78 Å². The lowest BCUT2D eigenvalue weighted by Gasteiger charge is -2.19. The minimum absolute atomic E-state index is 0.0267. The summed E-state index contributed by atoms with van der Waals surface area (Å²) in [6, 6.07) is 16.7. The van der Waals surface area contributed by atoms with Crippen LogP contribution in [0.1, 0.15) is 36.7 Å². The van der Waals surface area contributed by atoms with E-state index in [1.807, 2.05) is 42.5 Å². The SMILES string of the molecule is CC(C)(C)c1ccc(S(=O)CC(=O)c2ccccc2)cc1. The first-order valence-electron chi connectivity index (χ1n) is 6.95. The molecule has 3 heteroatoms. The van der Waals surface area contributed by atoms with Crippen LogP contribution < -0.4 is 0 Å². The summed E-state index contributed by atoms with van der Waals surface area (Å²) >= 11 is 0. The monoisotopic (exact) mass is 300 g/mol. The molecule has 0 fully saturated rings. The van der Waals surface area contributed by atoms with E-state index < -0.39 is 10.8 Å². The van der Waals surface area contributed by atoms with Crippen molar-refractivity contribution in [2.24, 2.45) is 0 Å². The number of benzene rings is 2. The van der Waals surface area contributed by atoms with E-state index in [0.29, 0.717) is 10.5 Å². The van der Waals surface area contributed by atoms with E-state index in [1.165, 1.54) is 5.56 Å². The first-order chi connectivity index (χ1) is 9.88. The molecule has 0 saturated heterocycles. The van der Waals surface area contributed by atoms with Crippen LogP contribution in [0.5, 0.6) is 0 Å². The molecule has 0 aliphatic carbocycles. The summed E-state index contributed by atoms with van der Waals surface area (Å²) < 4.78 is 12.3. The van der Waals surface area contributed by atoms with Crippen molar-refractivity contribution in [2.45, 2.75) is 31.1 Å². The maximum absolute atomic E-state index is 12.3. The minimum atomic E-state index is -1.30. The second kappa shape index (κ2) is 6.35. The van der Waals surface area contributed by atoms with Crippen LogP contribution in [0.2, 0.25) is 0 Å². The molecule has 2 nitrogen and oxygen atoms in total. The van der Waals surface area contributed by atoms with Gasteiger partial charge in [-0.15, -0.1) is 0 Å². The second-order valence-electron chi connectivity index (χ2n) is 6.05. The minimum Gasteiger partial charge on any atom is -0.293 e. The molecule has 2 aromatic carbocycles. The molecule has 0 aliphatic heterocycles. The summed E-state index contributed by atoms with van der Waals surface area (Å²) in [6.45, 7) is 6.41. The molecule has 0 saturated carbocycles. The molecule has 0 radical (unpaired) electrons. The van der Waals surface area contributed by atoms with Crippen LogP contribution in [-0.2, 0) is 16.2 Å². The largest absolute Gasteiger partial charge is 0.293 e. The summed E-state index contributed by atoms with van der Waals surface area (Å²) in [5.41, 5.74) is 1.87. The van der Waals surface area contributed by atoms with E-state index in [2.05, 4.69) is 20.8 Å². The van der Waals surface area contributed by atoms with Crippen LogP contribution in [0.25, 0.3) is 0 Å². The molecule has 2 aromatic rings. The van der Waals surface area contributed by atoms with E-state index in [9.17, 15) is 9.00 Å². The van der Waals surface area contributed by atoms with Gasteiger partial charge in [-0.05, 0) is 23.1 Å². The summed E-state index contributed by atoms with van der Waals surface area (Å²) in [5.74, 6) is -0.0624. The Morgan fingerprint density at radius 1 is 0.952 bits per heavy atom. The molecule has 0 bridgehead atoms. The highest BCUT2D eigenvalue weighted by atomic mass is 32.2. The molecule has 0 aromatic heterocycles. The molecular formula is C18H20O2S. The van der Waals surface area contributed by atoms with Gasteiger partial charge in [0, 0.05) is 10.5 Å². The van der Waals surface area contributed by atoms with Gasteiger partial charge in [-0.25, -0.2) is 0 Å². The maximum atomic E-state index is 12.3. The van der Waals surface area contributed by atoms with Crippen LogP contribution in [0, 0.1) is 0 Å². The lowest BCUT2D eigenvalue weighted by atomic mass is 9.87. The van der Waals surface area contributed by atoms with Crippen molar-refractivity contribution in [1.29, 1.82) is 0 Å². The summed E-state index contributed by atoms with van der Waals surface area (Å²) in [4.78, 5) is 12.8. The lowest BCUT2D eigenvalue weighted by Crippen LogP contribution is -2.13. The first-order valence-corrected chi connectivity index (χ1v) is 8.27. The first kappa shape index (κ1) is 15.6. The number of hydrogen-bond acceptors (Lipinski definition) is 2. The van der Waals surface area contributed by atoms with Crippen molar-refractivity contribution in [3.63, 3.8) is 0 Å². The van der Waals surface area contributed by atoms with Gasteiger partial charge in [0.2, 0.25) is 0 Å². The molecule has 0 amide bonds. The fourth-order valence-electron chi connectivity index (χ4n) is 2.02. The topological polar surface area (TPSA) is 34.1 Å². The van der Waals surface area contributed by atoms with Gasteiger partial charge in [0.05, 0.1) is 16.6 Å². The van der Waals surface area contributed by atoms with Gasteiger partial charge >= 0.3 is 0 Å². The molecule has 0 spiro atoms. The predicted octanol–water partition coefficient (Wildman–Crippen LogP) is 3.97. The van der Waals surface area contributed by atoms with Crippen LogP contribution in [-0.4, -0.2) is 15.7 Å². The highest BCUT2D eigenvalue weighted by molar-refractivity contribution is 7.85. The van der Waals surface area contributed by atoms with Crippen LogP contribution >= 0.6 is 0 Å². The predicted molar refractivity (Wildman–Crippen MR) is 87.2 cm³/mol. The molecule has 110 valence electrons. The third-order valence-electron chi connectivity index (χ3n) is 3.34. The molecule has 0 aliphatic rings. The van der Waals surface area contributed by atoms with Crippen molar-refractivity contribution in [1.82, 2.24) is 0 Å². The average molecular weight is 300 g/mol. The van der Waals surface area contributed by atoms with E-state index in [1.54, 1.807) is 12.1 Å². The highest BCUT2D eigenvalue weighted by Gasteiger charge is 2.15. The third kappa shape index (κ3) is 4.11.